The molecule has 0 aliphatic rings. The van der Waals surface area contributed by atoms with Crippen molar-refractivity contribution in [1.29, 1.82) is 0 Å². The van der Waals surface area contributed by atoms with Crippen LogP contribution in [0.4, 0.5) is 38.0 Å². The van der Waals surface area contributed by atoms with E-state index in [9.17, 15) is 18.9 Å². The van der Waals surface area contributed by atoms with Crippen molar-refractivity contribution < 1.29 is 13.7 Å². The Hall–Kier alpha value is -4.98. The van der Waals surface area contributed by atoms with Crippen LogP contribution in [0.2, 0.25) is 0 Å². The second-order valence-corrected chi connectivity index (χ2v) is 8.19. The van der Waals surface area contributed by atoms with Crippen LogP contribution in [-0.4, -0.2) is 25.0 Å². The van der Waals surface area contributed by atoms with Gasteiger partial charge in [0.2, 0.25) is 17.8 Å². The van der Waals surface area contributed by atoms with Crippen LogP contribution in [0.15, 0.2) is 72.8 Å². The van der Waals surface area contributed by atoms with Gasteiger partial charge in [0.25, 0.3) is 5.69 Å². The molecule has 0 fully saturated rings. The van der Waals surface area contributed by atoms with E-state index in [1.165, 1.54) is 42.5 Å². The quantitative estimate of drug-likeness (QED) is 0.110. The van der Waals surface area contributed by atoms with E-state index < -0.39 is 4.92 Å². The molecule has 11 nitrogen and oxygen atoms in total. The van der Waals surface area contributed by atoms with Crippen LogP contribution >= 0.6 is 12.2 Å². The van der Waals surface area contributed by atoms with Gasteiger partial charge in [0, 0.05) is 30.9 Å². The molecule has 38 heavy (non-hydrogen) atoms. The van der Waals surface area contributed by atoms with Gasteiger partial charge in [-0.3, -0.25) is 21.0 Å². The SMILES string of the molecule is O=[N+]([O-])c1cccc(NC(=S)NNc2nc(NCc3ccc(F)cc3)nc(NCc3ccc(F)cc3)n2)c1. The average Bonchev–Trinajstić information content (AvgIpc) is 2.91. The zero-order valence-electron chi connectivity index (χ0n) is 19.6. The van der Waals surface area contributed by atoms with E-state index in [1.807, 2.05) is 0 Å². The van der Waals surface area contributed by atoms with Gasteiger partial charge in [-0.15, -0.1) is 0 Å². The molecule has 0 saturated carbocycles. The highest BCUT2D eigenvalue weighted by Crippen LogP contribution is 2.17. The topological polar surface area (TPSA) is 142 Å². The lowest BCUT2D eigenvalue weighted by Crippen LogP contribution is -2.34. The lowest BCUT2D eigenvalue weighted by atomic mass is 10.2. The molecule has 0 atom stereocenters. The monoisotopic (exact) mass is 537 g/mol. The third-order valence-electron chi connectivity index (χ3n) is 4.97. The standard InChI is InChI=1S/C24H21F2N9O2S/c25-17-8-4-15(5-9-17)13-27-21-30-22(28-14-16-6-10-18(26)11-7-16)32-23(31-21)33-34-24(38)29-19-2-1-3-20(12-19)35(36)37/h1-12H,13-14H2,(H2,29,34,38)(H3,27,28,30,31,32,33). The molecule has 0 saturated heterocycles. The summed E-state index contributed by atoms with van der Waals surface area (Å²) in [7, 11) is 0. The van der Waals surface area contributed by atoms with Crippen LogP contribution in [0.1, 0.15) is 11.1 Å². The van der Waals surface area contributed by atoms with Gasteiger partial charge < -0.3 is 16.0 Å². The second-order valence-electron chi connectivity index (χ2n) is 7.78. The molecule has 1 aromatic heterocycles. The molecular weight excluding hydrogens is 516 g/mol. The molecule has 194 valence electrons. The van der Waals surface area contributed by atoms with Gasteiger partial charge in [0.05, 0.1) is 4.92 Å². The van der Waals surface area contributed by atoms with Gasteiger partial charge in [0.15, 0.2) is 5.11 Å². The van der Waals surface area contributed by atoms with Gasteiger partial charge in [-0.05, 0) is 53.7 Å². The summed E-state index contributed by atoms with van der Waals surface area (Å²) in [5.74, 6) is -0.145. The summed E-state index contributed by atoms with van der Waals surface area (Å²) in [6, 6.07) is 17.8. The summed E-state index contributed by atoms with van der Waals surface area (Å²) in [5.41, 5.74) is 7.43. The number of rotatable bonds is 10. The lowest BCUT2D eigenvalue weighted by molar-refractivity contribution is -0.384. The maximum atomic E-state index is 13.2. The third kappa shape index (κ3) is 7.76. The first-order valence-electron chi connectivity index (χ1n) is 11.1. The molecule has 4 aromatic rings. The molecule has 4 rings (SSSR count). The van der Waals surface area contributed by atoms with Crippen LogP contribution in [0.25, 0.3) is 0 Å². The minimum atomic E-state index is -0.508. The molecule has 0 unspecified atom stereocenters. The van der Waals surface area contributed by atoms with Crippen molar-refractivity contribution in [3.8, 4) is 0 Å². The number of nitrogens with zero attached hydrogens (tertiary/aromatic N) is 4. The van der Waals surface area contributed by atoms with Crippen LogP contribution in [0.3, 0.4) is 0 Å². The van der Waals surface area contributed by atoms with Gasteiger partial charge in [-0.25, -0.2) is 8.78 Å². The maximum absolute atomic E-state index is 13.2. The van der Waals surface area contributed by atoms with Crippen molar-refractivity contribution >= 4 is 46.6 Å². The van der Waals surface area contributed by atoms with Gasteiger partial charge in [-0.1, -0.05) is 30.3 Å². The number of non-ortho nitro benzene ring substituents is 1. The number of halogens is 2. The Morgan fingerprint density at radius 1 is 0.816 bits per heavy atom. The van der Waals surface area contributed by atoms with Crippen molar-refractivity contribution in [1.82, 2.24) is 20.4 Å². The van der Waals surface area contributed by atoms with E-state index in [4.69, 9.17) is 12.2 Å². The lowest BCUT2D eigenvalue weighted by Gasteiger charge is -2.14. The first-order valence-corrected chi connectivity index (χ1v) is 11.5. The number of hydrogen-bond acceptors (Lipinski definition) is 9. The Kier molecular flexibility index (Phi) is 8.46. The molecule has 5 N–H and O–H groups in total. The minimum Gasteiger partial charge on any atom is -0.350 e. The van der Waals surface area contributed by atoms with Gasteiger partial charge >= 0.3 is 0 Å². The summed E-state index contributed by atoms with van der Waals surface area (Å²) in [5, 5.41) is 20.0. The number of hydrogen-bond donors (Lipinski definition) is 5. The molecule has 1 heterocycles. The van der Waals surface area contributed by atoms with E-state index >= 15 is 0 Å². The zero-order chi connectivity index (χ0) is 26.9. The van der Waals surface area contributed by atoms with E-state index in [1.54, 1.807) is 30.3 Å². The summed E-state index contributed by atoms with van der Waals surface area (Å²) in [6.45, 7) is 0.642. The van der Waals surface area contributed by atoms with Crippen molar-refractivity contribution in [2.45, 2.75) is 13.1 Å². The van der Waals surface area contributed by atoms with Crippen LogP contribution in [0, 0.1) is 21.7 Å². The van der Waals surface area contributed by atoms with Crippen LogP contribution < -0.4 is 26.8 Å². The fourth-order valence-electron chi connectivity index (χ4n) is 3.13. The number of nitro groups is 1. The van der Waals surface area contributed by atoms with E-state index in [0.717, 1.165) is 11.1 Å². The zero-order valence-corrected chi connectivity index (χ0v) is 20.4. The minimum absolute atomic E-state index is 0.0861. The van der Waals surface area contributed by atoms with Crippen molar-refractivity contribution in [2.75, 3.05) is 21.4 Å². The summed E-state index contributed by atoms with van der Waals surface area (Å²) in [6.07, 6.45) is 0. The van der Waals surface area contributed by atoms with Crippen LogP contribution in [-0.2, 0) is 13.1 Å². The third-order valence-corrected chi connectivity index (χ3v) is 5.17. The molecule has 0 bridgehead atoms. The number of hydrazine groups is 1. The Morgan fingerprint density at radius 2 is 1.34 bits per heavy atom. The average molecular weight is 538 g/mol. The van der Waals surface area contributed by atoms with Crippen molar-refractivity contribution in [2.24, 2.45) is 0 Å². The van der Waals surface area contributed by atoms with Gasteiger partial charge in [-0.2, -0.15) is 15.0 Å². The Morgan fingerprint density at radius 3 is 1.87 bits per heavy atom. The largest absolute Gasteiger partial charge is 0.350 e. The van der Waals surface area contributed by atoms with E-state index in [-0.39, 0.29) is 40.3 Å². The highest BCUT2D eigenvalue weighted by molar-refractivity contribution is 7.80. The molecule has 0 radical (unpaired) electrons. The highest BCUT2D eigenvalue weighted by Gasteiger charge is 2.10. The molecule has 0 aliphatic heterocycles. The molecule has 0 amide bonds. The Balaban J connectivity index is 1.44. The van der Waals surface area contributed by atoms with E-state index in [2.05, 4.69) is 41.8 Å². The van der Waals surface area contributed by atoms with Crippen molar-refractivity contribution in [3.63, 3.8) is 0 Å². The predicted octanol–water partition coefficient (Wildman–Crippen LogP) is 4.60. The fourth-order valence-corrected chi connectivity index (χ4v) is 3.30. The first kappa shape index (κ1) is 26.1. The Labute approximate surface area is 220 Å². The molecular formula is C24H21F2N9O2S. The predicted molar refractivity (Wildman–Crippen MR) is 143 cm³/mol. The molecule has 14 heteroatoms. The number of benzene rings is 3. The molecule has 0 aliphatic carbocycles. The maximum Gasteiger partial charge on any atom is 0.271 e. The number of nitrogens with one attached hydrogen (secondary N) is 5. The first-order chi connectivity index (χ1) is 18.3. The highest BCUT2D eigenvalue weighted by atomic mass is 32.1. The van der Waals surface area contributed by atoms with Crippen molar-refractivity contribution in [3.05, 3.63) is 106 Å². The second kappa shape index (κ2) is 12.3. The molecule has 0 spiro atoms. The normalized spacial score (nSPS) is 10.4. The van der Waals surface area contributed by atoms with E-state index in [0.29, 0.717) is 18.8 Å². The molecule has 3 aromatic carbocycles. The fraction of sp³-hybridized carbons (Fsp3) is 0.0833. The summed E-state index contributed by atoms with van der Waals surface area (Å²) >= 11 is 5.24. The summed E-state index contributed by atoms with van der Waals surface area (Å²) in [4.78, 5) is 23.4. The number of thiocarbonyl (C=S) groups is 1. The smallest absolute Gasteiger partial charge is 0.271 e. The van der Waals surface area contributed by atoms with Gasteiger partial charge in [0.1, 0.15) is 11.6 Å². The number of aromatic nitrogens is 3. The summed E-state index contributed by atoms with van der Waals surface area (Å²) < 4.78 is 26.4. The number of nitro benzene ring substituents is 1. The Bertz CT molecular complexity index is 1360. The van der Waals surface area contributed by atoms with Crippen LogP contribution in [0.5, 0.6) is 0 Å². The number of anilines is 4.